The van der Waals surface area contributed by atoms with E-state index < -0.39 is 34.4 Å². The fourth-order valence-electron chi connectivity index (χ4n) is 3.33. The van der Waals surface area contributed by atoms with Crippen LogP contribution in [0, 0.1) is 0 Å². The van der Waals surface area contributed by atoms with Crippen LogP contribution in [0.1, 0.15) is 11.4 Å². The molecule has 11 nitrogen and oxygen atoms in total. The van der Waals surface area contributed by atoms with Crippen LogP contribution in [0.3, 0.4) is 0 Å². The van der Waals surface area contributed by atoms with E-state index in [0.29, 0.717) is 5.75 Å². The Balaban J connectivity index is 1.44. The zero-order valence-electron chi connectivity index (χ0n) is 18.2. The second-order valence-electron chi connectivity index (χ2n) is 7.19. The number of thioether (sulfide) groups is 2. The highest BCUT2D eigenvalue weighted by Crippen LogP contribution is 2.41. The number of hydrogen-bond acceptors (Lipinski definition) is 11. The fourth-order valence-corrected chi connectivity index (χ4v) is 6.42. The summed E-state index contributed by atoms with van der Waals surface area (Å²) in [6.07, 6.45) is 4.88. The van der Waals surface area contributed by atoms with E-state index in [1.54, 1.807) is 11.6 Å². The topological polar surface area (TPSA) is 160 Å². The first kappa shape index (κ1) is 24.8. The summed E-state index contributed by atoms with van der Waals surface area (Å²) in [6, 6.07) is 4.71. The summed E-state index contributed by atoms with van der Waals surface area (Å²) < 4.78 is 0. The minimum absolute atomic E-state index is 0.110. The normalized spacial score (nSPS) is 21.8. The van der Waals surface area contributed by atoms with Gasteiger partial charge in [-0.3, -0.25) is 14.6 Å². The summed E-state index contributed by atoms with van der Waals surface area (Å²) in [4.78, 5) is 51.7. The highest BCUT2D eigenvalue weighted by Gasteiger charge is 2.52. The van der Waals surface area contributed by atoms with Gasteiger partial charge in [-0.2, -0.15) is 0 Å². The van der Waals surface area contributed by atoms with E-state index in [-0.39, 0.29) is 22.1 Å². The minimum Gasteiger partial charge on any atom is -0.478 e. The number of β-lactam (4-membered cyclic amide) rings is 1. The number of hydrogen-bond donors (Lipinski definition) is 3. The molecule has 2 aliphatic rings. The number of pyridine rings is 1. The van der Waals surface area contributed by atoms with Crippen molar-refractivity contribution < 1.29 is 24.3 Å². The highest BCUT2D eigenvalue weighted by molar-refractivity contribution is 8.05. The number of carbonyl (C=O) groups excluding carboxylic acids is 2. The Kier molecular flexibility index (Phi) is 7.73. The number of nitrogens with zero attached hydrogens (tertiary/aromatic N) is 4. The monoisotopic (exact) mass is 532 g/mol. The van der Waals surface area contributed by atoms with Crippen LogP contribution in [0.4, 0.5) is 5.13 Å². The fraction of sp³-hybridized carbons (Fsp3) is 0.238. The Morgan fingerprint density at radius 3 is 2.91 bits per heavy atom. The van der Waals surface area contributed by atoms with E-state index in [9.17, 15) is 19.5 Å². The Hall–Kier alpha value is -3.36. The SMILES string of the molecule is CON=C(C(=O)NC1C(=O)N2C=C(C(=O)O)C(CSC=Cc3ccccn3)S[C@H]12)c1csc(N)n1. The number of thiazole rings is 1. The van der Waals surface area contributed by atoms with Crippen LogP contribution in [-0.4, -0.2) is 73.0 Å². The zero-order chi connectivity index (χ0) is 24.9. The Bertz CT molecular complexity index is 1220. The lowest BCUT2D eigenvalue weighted by Gasteiger charge is -2.48. The van der Waals surface area contributed by atoms with Crippen LogP contribution in [0.2, 0.25) is 0 Å². The third-order valence-electron chi connectivity index (χ3n) is 4.97. The van der Waals surface area contributed by atoms with Crippen molar-refractivity contribution in [1.29, 1.82) is 0 Å². The van der Waals surface area contributed by atoms with Crippen LogP contribution in [0.15, 0.2) is 52.1 Å². The molecule has 1 fully saturated rings. The van der Waals surface area contributed by atoms with Gasteiger partial charge in [0.1, 0.15) is 24.2 Å². The average Bonchev–Trinajstić information content (AvgIpc) is 3.29. The molecule has 35 heavy (non-hydrogen) atoms. The summed E-state index contributed by atoms with van der Waals surface area (Å²) >= 11 is 3.89. The first-order chi connectivity index (χ1) is 16.9. The third kappa shape index (κ3) is 5.49. The lowest BCUT2D eigenvalue weighted by Crippen LogP contribution is -2.69. The molecule has 1 saturated heterocycles. The number of nitrogen functional groups attached to an aromatic ring is 1. The largest absolute Gasteiger partial charge is 0.478 e. The maximum Gasteiger partial charge on any atom is 0.334 e. The lowest BCUT2D eigenvalue weighted by molar-refractivity contribution is -0.144. The number of fused-ring (bicyclic) bond motifs is 1. The van der Waals surface area contributed by atoms with Crippen molar-refractivity contribution in [2.45, 2.75) is 16.7 Å². The molecule has 0 radical (unpaired) electrons. The molecule has 0 spiro atoms. The van der Waals surface area contributed by atoms with Gasteiger partial charge in [0.05, 0.1) is 11.3 Å². The lowest BCUT2D eigenvalue weighted by atomic mass is 10.1. The maximum absolute atomic E-state index is 12.9. The van der Waals surface area contributed by atoms with Gasteiger partial charge in [0.2, 0.25) is 0 Å². The second kappa shape index (κ2) is 10.9. The van der Waals surface area contributed by atoms with Gasteiger partial charge >= 0.3 is 5.97 Å². The van der Waals surface area contributed by atoms with Gasteiger partial charge in [-0.15, -0.1) is 34.9 Å². The summed E-state index contributed by atoms with van der Waals surface area (Å²) in [6.45, 7) is 0. The van der Waals surface area contributed by atoms with E-state index in [4.69, 9.17) is 10.6 Å². The minimum atomic E-state index is -1.09. The zero-order valence-corrected chi connectivity index (χ0v) is 20.7. The highest BCUT2D eigenvalue weighted by atomic mass is 32.2. The number of rotatable bonds is 9. The molecule has 4 N–H and O–H groups in total. The first-order valence-corrected chi connectivity index (χ1v) is 13.0. The van der Waals surface area contributed by atoms with Gasteiger partial charge in [-0.25, -0.2) is 9.78 Å². The van der Waals surface area contributed by atoms with Crippen LogP contribution in [0.5, 0.6) is 0 Å². The van der Waals surface area contributed by atoms with Crippen molar-refractivity contribution in [3.05, 3.63) is 58.3 Å². The molecule has 0 aromatic carbocycles. The van der Waals surface area contributed by atoms with Crippen molar-refractivity contribution in [1.82, 2.24) is 20.2 Å². The van der Waals surface area contributed by atoms with Gasteiger partial charge in [0.15, 0.2) is 10.8 Å². The number of oxime groups is 1. The molecule has 4 heterocycles. The molecule has 2 aromatic rings. The number of carboxylic acids is 1. The smallest absolute Gasteiger partial charge is 0.334 e. The number of nitrogens with one attached hydrogen (secondary N) is 1. The molecule has 2 unspecified atom stereocenters. The van der Waals surface area contributed by atoms with Crippen LogP contribution >= 0.6 is 34.9 Å². The summed E-state index contributed by atoms with van der Waals surface area (Å²) in [5.41, 5.74) is 6.69. The van der Waals surface area contributed by atoms with Gasteiger partial charge in [0, 0.05) is 28.8 Å². The number of carbonyl (C=O) groups is 3. The van der Waals surface area contributed by atoms with Gasteiger partial charge in [-0.05, 0) is 23.6 Å². The van der Waals surface area contributed by atoms with E-state index >= 15 is 0 Å². The van der Waals surface area contributed by atoms with Gasteiger partial charge in [-0.1, -0.05) is 11.2 Å². The predicted molar refractivity (Wildman–Crippen MR) is 135 cm³/mol. The number of anilines is 1. The molecule has 2 amide bonds. The van der Waals surface area contributed by atoms with Crippen molar-refractivity contribution in [3.8, 4) is 0 Å². The molecule has 0 saturated carbocycles. The standard InChI is InChI=1S/C21H20N6O5S3/c1-32-26-15(13-9-34-21(22)24-13)17(28)25-16-18(29)27-8-12(20(30)31)14(35-19(16)27)10-33-7-5-11-4-2-3-6-23-11/h2-9,14,16,19H,10H2,1H3,(H2,22,24)(H,25,28)(H,30,31)/t14?,16?,19-/m1/s1. The number of nitrogens with two attached hydrogens (primary N) is 1. The van der Waals surface area contributed by atoms with E-state index in [1.807, 2.05) is 29.7 Å². The molecule has 182 valence electrons. The van der Waals surface area contributed by atoms with E-state index in [2.05, 4.69) is 20.4 Å². The van der Waals surface area contributed by atoms with Gasteiger partial charge < -0.3 is 25.9 Å². The molecule has 0 bridgehead atoms. The van der Waals surface area contributed by atoms with Crippen LogP contribution in [0.25, 0.3) is 6.08 Å². The van der Waals surface area contributed by atoms with Gasteiger partial charge in [0.25, 0.3) is 11.8 Å². The molecular weight excluding hydrogens is 512 g/mol. The number of carboxylic acid groups (broad SMARTS) is 1. The molecular formula is C21H20N6O5S3. The molecule has 3 atom stereocenters. The molecule has 4 rings (SSSR count). The second-order valence-corrected chi connectivity index (χ2v) is 10.3. The van der Waals surface area contributed by atoms with E-state index in [0.717, 1.165) is 17.0 Å². The Labute approximate surface area is 212 Å². The number of aliphatic carboxylic acids is 1. The summed E-state index contributed by atoms with van der Waals surface area (Å²) in [7, 11) is 1.29. The summed E-state index contributed by atoms with van der Waals surface area (Å²) in [5, 5.41) is 18.9. The molecule has 0 aliphatic carbocycles. The van der Waals surface area contributed by atoms with Crippen molar-refractivity contribution in [2.75, 3.05) is 18.6 Å². The maximum atomic E-state index is 12.9. The third-order valence-corrected chi connectivity index (χ3v) is 8.24. The average molecular weight is 533 g/mol. The van der Waals surface area contributed by atoms with Crippen molar-refractivity contribution in [3.63, 3.8) is 0 Å². The van der Waals surface area contributed by atoms with Crippen LogP contribution in [-0.2, 0) is 19.2 Å². The predicted octanol–water partition coefficient (Wildman–Crippen LogP) is 1.61. The summed E-state index contributed by atoms with van der Waals surface area (Å²) in [5.74, 6) is -1.69. The number of amides is 2. The van der Waals surface area contributed by atoms with Crippen molar-refractivity contribution in [2.24, 2.45) is 5.16 Å². The Morgan fingerprint density at radius 2 is 2.26 bits per heavy atom. The van der Waals surface area contributed by atoms with Crippen molar-refractivity contribution >= 4 is 69.6 Å². The van der Waals surface area contributed by atoms with Crippen LogP contribution < -0.4 is 11.1 Å². The molecule has 2 aromatic heterocycles. The van der Waals surface area contributed by atoms with E-state index in [1.165, 1.54) is 41.7 Å². The quantitative estimate of drug-likeness (QED) is 0.246. The molecule has 2 aliphatic heterocycles. The molecule has 14 heteroatoms. The first-order valence-electron chi connectivity index (χ1n) is 10.1. The Morgan fingerprint density at radius 1 is 1.43 bits per heavy atom. The number of aromatic nitrogens is 2.